The second-order valence-corrected chi connectivity index (χ2v) is 10.8. The van der Waals surface area contributed by atoms with Crippen molar-refractivity contribution in [3.05, 3.63) is 59.7 Å². The van der Waals surface area contributed by atoms with Crippen molar-refractivity contribution in [2.24, 2.45) is 0 Å². The Labute approximate surface area is 199 Å². The molecule has 2 aliphatic heterocycles. The van der Waals surface area contributed by atoms with Crippen molar-refractivity contribution in [3.63, 3.8) is 0 Å². The van der Waals surface area contributed by atoms with Crippen LogP contribution in [0.25, 0.3) is 0 Å². The number of amides is 1. The number of thioether (sulfide) groups is 2. The van der Waals surface area contributed by atoms with Crippen LogP contribution in [0.15, 0.2) is 48.5 Å². The average molecular weight is 474 g/mol. The predicted molar refractivity (Wildman–Crippen MR) is 133 cm³/mol. The van der Waals surface area contributed by atoms with E-state index in [1.807, 2.05) is 59.9 Å². The summed E-state index contributed by atoms with van der Waals surface area (Å²) in [4.78, 5) is 12.3. The molecule has 2 fully saturated rings. The molecule has 1 unspecified atom stereocenters. The molecule has 0 aliphatic carbocycles. The summed E-state index contributed by atoms with van der Waals surface area (Å²) in [5.41, 5.74) is 3.08. The van der Waals surface area contributed by atoms with E-state index in [1.165, 1.54) is 29.9 Å². The Hall–Kier alpha value is -1.67. The Kier molecular flexibility index (Phi) is 9.20. The van der Waals surface area contributed by atoms with Gasteiger partial charge in [0.1, 0.15) is 5.75 Å². The Morgan fingerprint density at radius 3 is 2.69 bits per heavy atom. The molecule has 2 aromatic carbocycles. The molecule has 0 radical (unpaired) electrons. The highest BCUT2D eigenvalue weighted by Crippen LogP contribution is 2.43. The minimum absolute atomic E-state index is 0.0218. The van der Waals surface area contributed by atoms with Crippen LogP contribution < -0.4 is 10.1 Å². The van der Waals surface area contributed by atoms with E-state index in [9.17, 15) is 4.79 Å². The lowest BCUT2D eigenvalue weighted by molar-refractivity contribution is -0.118. The van der Waals surface area contributed by atoms with Crippen molar-refractivity contribution in [2.75, 3.05) is 36.6 Å². The Bertz CT molecular complexity index is 849. The van der Waals surface area contributed by atoms with Crippen molar-refractivity contribution >= 4 is 35.1 Å². The number of hydrogen-bond acceptors (Lipinski definition) is 6. The van der Waals surface area contributed by atoms with E-state index in [-0.39, 0.29) is 18.6 Å². The van der Waals surface area contributed by atoms with E-state index >= 15 is 0 Å². The summed E-state index contributed by atoms with van der Waals surface area (Å²) in [7, 11) is 0. The largest absolute Gasteiger partial charge is 0.484 e. The molecule has 172 valence electrons. The van der Waals surface area contributed by atoms with Gasteiger partial charge in [-0.05, 0) is 72.6 Å². The molecule has 2 aliphatic rings. The molecule has 7 heteroatoms. The highest BCUT2D eigenvalue weighted by atomic mass is 32.2. The molecule has 0 spiro atoms. The van der Waals surface area contributed by atoms with Gasteiger partial charge in [-0.2, -0.15) is 0 Å². The number of ether oxygens (including phenoxy) is 3. The first-order valence-electron chi connectivity index (χ1n) is 11.3. The number of rotatable bonds is 9. The Balaban J connectivity index is 1.19. The maximum absolute atomic E-state index is 12.3. The zero-order valence-corrected chi connectivity index (χ0v) is 19.9. The van der Waals surface area contributed by atoms with Crippen molar-refractivity contribution < 1.29 is 19.0 Å². The second kappa shape index (κ2) is 12.5. The van der Waals surface area contributed by atoms with Crippen LogP contribution in [0.3, 0.4) is 0 Å². The third-order valence-electron chi connectivity index (χ3n) is 5.41. The van der Waals surface area contributed by atoms with Gasteiger partial charge in [-0.25, -0.2) is 0 Å². The fraction of sp³-hybridized carbons (Fsp3) is 0.480. The molecule has 5 nitrogen and oxygen atoms in total. The number of anilines is 1. The van der Waals surface area contributed by atoms with Crippen LogP contribution >= 0.6 is 23.5 Å². The number of carbonyl (C=O) groups excluding carboxylic acids is 1. The van der Waals surface area contributed by atoms with Crippen LogP contribution in [-0.4, -0.2) is 43.3 Å². The zero-order valence-electron chi connectivity index (χ0n) is 18.3. The van der Waals surface area contributed by atoms with Gasteiger partial charge in [-0.1, -0.05) is 24.3 Å². The molecular weight excluding hydrogens is 442 g/mol. The first kappa shape index (κ1) is 23.5. The molecule has 4 rings (SSSR count). The summed E-state index contributed by atoms with van der Waals surface area (Å²) in [6.45, 7) is 1.93. The molecule has 32 heavy (non-hydrogen) atoms. The van der Waals surface area contributed by atoms with Gasteiger partial charge in [0.15, 0.2) is 6.61 Å². The maximum atomic E-state index is 12.3. The van der Waals surface area contributed by atoms with E-state index < -0.39 is 0 Å². The smallest absolute Gasteiger partial charge is 0.262 e. The minimum Gasteiger partial charge on any atom is -0.484 e. The van der Waals surface area contributed by atoms with Crippen molar-refractivity contribution in [3.8, 4) is 5.75 Å². The van der Waals surface area contributed by atoms with Gasteiger partial charge < -0.3 is 19.5 Å². The van der Waals surface area contributed by atoms with Gasteiger partial charge in [0.05, 0.1) is 23.9 Å². The van der Waals surface area contributed by atoms with Crippen LogP contribution in [0.5, 0.6) is 5.75 Å². The molecule has 1 N–H and O–H groups in total. The van der Waals surface area contributed by atoms with E-state index in [0.29, 0.717) is 23.5 Å². The molecule has 0 aromatic heterocycles. The SMILES string of the molecule is O=C(COc1ccc(C2SCCCS2)cc1)Nc1cccc(COCC2CCCCO2)c1. The fourth-order valence-electron chi connectivity index (χ4n) is 3.73. The van der Waals surface area contributed by atoms with Crippen molar-refractivity contribution in [1.82, 2.24) is 0 Å². The standard InChI is InChI=1S/C25H31NO4S2/c27-24(18-30-22-10-8-20(9-11-22)25-31-13-4-14-32-25)26-21-6-3-5-19(15-21)16-28-17-23-7-1-2-12-29-23/h3,5-6,8-11,15,23,25H,1-2,4,7,12-14,16-18H2,(H,26,27). The summed E-state index contributed by atoms with van der Waals surface area (Å²) in [5.74, 6) is 2.97. The van der Waals surface area contributed by atoms with Gasteiger partial charge >= 0.3 is 0 Å². The van der Waals surface area contributed by atoms with Gasteiger partial charge in [-0.15, -0.1) is 23.5 Å². The number of carbonyl (C=O) groups is 1. The van der Waals surface area contributed by atoms with Gasteiger partial charge in [0, 0.05) is 12.3 Å². The Morgan fingerprint density at radius 1 is 1.06 bits per heavy atom. The number of nitrogens with one attached hydrogen (secondary N) is 1. The van der Waals surface area contributed by atoms with Crippen LogP contribution in [0.4, 0.5) is 5.69 Å². The molecule has 2 heterocycles. The highest BCUT2D eigenvalue weighted by Gasteiger charge is 2.16. The van der Waals surface area contributed by atoms with Crippen LogP contribution in [0.2, 0.25) is 0 Å². The summed E-state index contributed by atoms with van der Waals surface area (Å²) in [6, 6.07) is 15.8. The fourth-order valence-corrected chi connectivity index (χ4v) is 6.63. The zero-order chi connectivity index (χ0) is 22.0. The summed E-state index contributed by atoms with van der Waals surface area (Å²) < 4.78 is 17.7. The van der Waals surface area contributed by atoms with Crippen molar-refractivity contribution in [2.45, 2.75) is 43.0 Å². The molecular formula is C25H31NO4S2. The molecule has 1 amide bonds. The second-order valence-electron chi connectivity index (χ2n) is 8.04. The third kappa shape index (κ3) is 7.44. The van der Waals surface area contributed by atoms with Crippen LogP contribution in [0, 0.1) is 0 Å². The molecule has 0 bridgehead atoms. The van der Waals surface area contributed by atoms with Crippen molar-refractivity contribution in [1.29, 1.82) is 0 Å². The summed E-state index contributed by atoms with van der Waals surface area (Å²) in [6.07, 6.45) is 4.91. The van der Waals surface area contributed by atoms with Crippen LogP contribution in [-0.2, 0) is 20.9 Å². The summed E-state index contributed by atoms with van der Waals surface area (Å²) >= 11 is 4.00. The van der Waals surface area contributed by atoms with Gasteiger partial charge in [0.25, 0.3) is 5.91 Å². The first-order chi connectivity index (χ1) is 15.8. The lowest BCUT2D eigenvalue weighted by Crippen LogP contribution is -2.24. The number of hydrogen-bond donors (Lipinski definition) is 1. The molecule has 0 saturated carbocycles. The van der Waals surface area contributed by atoms with Gasteiger partial charge in [-0.3, -0.25) is 4.79 Å². The summed E-state index contributed by atoms with van der Waals surface area (Å²) in [5, 5.41) is 2.90. The van der Waals surface area contributed by atoms with E-state index in [4.69, 9.17) is 14.2 Å². The van der Waals surface area contributed by atoms with E-state index in [0.717, 1.165) is 30.7 Å². The molecule has 1 atom stereocenters. The molecule has 2 saturated heterocycles. The topological polar surface area (TPSA) is 56.8 Å². The third-order valence-corrected chi connectivity index (χ3v) is 8.42. The highest BCUT2D eigenvalue weighted by molar-refractivity contribution is 8.16. The lowest BCUT2D eigenvalue weighted by Gasteiger charge is -2.22. The van der Waals surface area contributed by atoms with Crippen LogP contribution in [0.1, 0.15) is 41.4 Å². The monoisotopic (exact) mass is 473 g/mol. The van der Waals surface area contributed by atoms with Gasteiger partial charge in [0.2, 0.25) is 0 Å². The average Bonchev–Trinajstić information content (AvgIpc) is 2.85. The maximum Gasteiger partial charge on any atom is 0.262 e. The predicted octanol–water partition coefficient (Wildman–Crippen LogP) is 5.66. The minimum atomic E-state index is -0.179. The number of benzene rings is 2. The Morgan fingerprint density at radius 2 is 1.91 bits per heavy atom. The lowest BCUT2D eigenvalue weighted by atomic mass is 10.1. The quantitative estimate of drug-likeness (QED) is 0.507. The normalized spacial score (nSPS) is 19.4. The first-order valence-corrected chi connectivity index (χ1v) is 13.4. The van der Waals surface area contributed by atoms with E-state index in [1.54, 1.807) is 0 Å². The van der Waals surface area contributed by atoms with E-state index in [2.05, 4.69) is 17.4 Å². The molecule has 2 aromatic rings.